The van der Waals surface area contributed by atoms with Gasteiger partial charge in [0.2, 0.25) is 0 Å². The molecule has 1 aliphatic rings. The van der Waals surface area contributed by atoms with Crippen LogP contribution >= 0.6 is 11.3 Å². The molecule has 1 aliphatic heterocycles. The first-order chi connectivity index (χ1) is 10.4. The van der Waals surface area contributed by atoms with E-state index in [-0.39, 0.29) is 11.8 Å². The number of carbonyl (C=O) groups is 2. The topological polar surface area (TPSA) is 75.4 Å². The van der Waals surface area contributed by atoms with E-state index in [4.69, 9.17) is 0 Å². The lowest BCUT2D eigenvalue weighted by Gasteiger charge is -2.20. The van der Waals surface area contributed by atoms with Crippen LogP contribution in [0.2, 0.25) is 0 Å². The number of rotatable bonds is 3. The number of fused-ring (bicyclic) bond motifs is 1. The highest BCUT2D eigenvalue weighted by Crippen LogP contribution is 2.33. The number of amides is 1. The number of likely N-dealkylation sites (tertiary alicyclic amines) is 1. The Labute approximate surface area is 132 Å². The Morgan fingerprint density at radius 1 is 1.45 bits per heavy atom. The summed E-state index contributed by atoms with van der Waals surface area (Å²) in [6.07, 6.45) is 1.27. The molecule has 0 aromatic carbocycles. The van der Waals surface area contributed by atoms with Crippen LogP contribution in [0.5, 0.6) is 0 Å². The molecule has 7 heteroatoms. The fourth-order valence-electron chi connectivity index (χ4n) is 3.01. The predicted octanol–water partition coefficient (Wildman–Crippen LogP) is 2.45. The summed E-state index contributed by atoms with van der Waals surface area (Å²) in [4.78, 5) is 27.0. The summed E-state index contributed by atoms with van der Waals surface area (Å²) in [6, 6.07) is 1.17. The van der Waals surface area contributed by atoms with E-state index in [1.807, 2.05) is 13.1 Å². The second-order valence-corrected chi connectivity index (χ2v) is 7.02. The second kappa shape index (κ2) is 5.39. The SMILES string of the molecule is CC(C)c1nn(C)c2sc(C(=O)N3CCC[C@@H]3C(=O)O)cc12. The van der Waals surface area contributed by atoms with Gasteiger partial charge in [-0.2, -0.15) is 5.10 Å². The van der Waals surface area contributed by atoms with Gasteiger partial charge in [-0.1, -0.05) is 13.8 Å². The molecule has 1 saturated heterocycles. The standard InChI is InChI=1S/C15H19N3O3S/c1-8(2)12-9-7-11(22-14(9)17(3)16-12)13(19)18-6-4-5-10(18)15(20)21/h7-8,10H,4-6H2,1-3H3,(H,20,21)/t10-/m1/s1. The smallest absolute Gasteiger partial charge is 0.326 e. The summed E-state index contributed by atoms with van der Waals surface area (Å²) in [5, 5.41) is 14.7. The average molecular weight is 321 g/mol. The summed E-state index contributed by atoms with van der Waals surface area (Å²) >= 11 is 1.39. The van der Waals surface area contributed by atoms with Crippen LogP contribution < -0.4 is 0 Å². The Balaban J connectivity index is 1.98. The van der Waals surface area contributed by atoms with Crippen LogP contribution in [0, 0.1) is 0 Å². The first kappa shape index (κ1) is 15.0. The summed E-state index contributed by atoms with van der Waals surface area (Å²) in [5.41, 5.74) is 0.976. The number of aromatic nitrogens is 2. The van der Waals surface area contributed by atoms with Crippen LogP contribution in [0.3, 0.4) is 0 Å². The molecule has 118 valence electrons. The fraction of sp³-hybridized carbons (Fsp3) is 0.533. The molecule has 2 aromatic rings. The first-order valence-corrected chi connectivity index (χ1v) is 8.22. The minimum Gasteiger partial charge on any atom is -0.480 e. The molecule has 6 nitrogen and oxygen atoms in total. The highest BCUT2D eigenvalue weighted by Gasteiger charge is 2.35. The highest BCUT2D eigenvalue weighted by molar-refractivity contribution is 7.20. The Hall–Kier alpha value is -1.89. The van der Waals surface area contributed by atoms with Crippen molar-refractivity contribution in [2.75, 3.05) is 6.54 Å². The minimum absolute atomic E-state index is 0.180. The molecule has 22 heavy (non-hydrogen) atoms. The van der Waals surface area contributed by atoms with E-state index in [1.165, 1.54) is 16.2 Å². The summed E-state index contributed by atoms with van der Waals surface area (Å²) < 4.78 is 1.80. The van der Waals surface area contributed by atoms with Crippen LogP contribution in [0.1, 0.15) is 48.0 Å². The van der Waals surface area contributed by atoms with Crippen molar-refractivity contribution < 1.29 is 14.7 Å². The monoisotopic (exact) mass is 321 g/mol. The number of carboxylic acid groups (broad SMARTS) is 1. The molecule has 2 aromatic heterocycles. The van der Waals surface area contributed by atoms with Gasteiger partial charge in [0.15, 0.2) is 0 Å². The molecule has 0 aliphatic carbocycles. The highest BCUT2D eigenvalue weighted by atomic mass is 32.1. The van der Waals surface area contributed by atoms with Crippen LogP contribution in [0.25, 0.3) is 10.2 Å². The molecule has 3 heterocycles. The lowest BCUT2D eigenvalue weighted by Crippen LogP contribution is -2.40. The van der Waals surface area contributed by atoms with Crippen LogP contribution in [0.15, 0.2) is 6.07 Å². The molecule has 0 spiro atoms. The average Bonchev–Trinajstić information content (AvgIpc) is 3.13. The van der Waals surface area contributed by atoms with E-state index in [2.05, 4.69) is 18.9 Å². The zero-order chi connectivity index (χ0) is 16.0. The van der Waals surface area contributed by atoms with Gasteiger partial charge in [-0.3, -0.25) is 9.48 Å². The molecule has 0 radical (unpaired) electrons. The van der Waals surface area contributed by atoms with Gasteiger partial charge in [0.1, 0.15) is 10.9 Å². The van der Waals surface area contributed by atoms with E-state index in [1.54, 1.807) is 4.68 Å². The van der Waals surface area contributed by atoms with E-state index >= 15 is 0 Å². The first-order valence-electron chi connectivity index (χ1n) is 7.40. The zero-order valence-electron chi connectivity index (χ0n) is 12.9. The van der Waals surface area contributed by atoms with Crippen molar-refractivity contribution in [2.24, 2.45) is 7.05 Å². The maximum atomic E-state index is 12.7. The van der Waals surface area contributed by atoms with Gasteiger partial charge in [0, 0.05) is 19.0 Å². The molecular weight excluding hydrogens is 302 g/mol. The van der Waals surface area contributed by atoms with Crippen molar-refractivity contribution in [1.82, 2.24) is 14.7 Å². The van der Waals surface area contributed by atoms with Crippen LogP contribution in [0.4, 0.5) is 0 Å². The molecule has 0 unspecified atom stereocenters. The van der Waals surface area contributed by atoms with Gasteiger partial charge in [0.05, 0.1) is 10.6 Å². The van der Waals surface area contributed by atoms with Crippen LogP contribution in [-0.4, -0.2) is 44.3 Å². The quantitative estimate of drug-likeness (QED) is 0.942. The molecule has 0 saturated carbocycles. The van der Waals surface area contributed by atoms with Crippen LogP contribution in [-0.2, 0) is 11.8 Å². The second-order valence-electron chi connectivity index (χ2n) is 5.99. The van der Waals surface area contributed by atoms with E-state index in [9.17, 15) is 14.7 Å². The van der Waals surface area contributed by atoms with Gasteiger partial charge in [0.25, 0.3) is 5.91 Å². The van der Waals surface area contributed by atoms with Gasteiger partial charge in [-0.25, -0.2) is 4.79 Å². The number of aryl methyl sites for hydroxylation is 1. The minimum atomic E-state index is -0.920. The number of carbonyl (C=O) groups excluding carboxylic acids is 1. The summed E-state index contributed by atoms with van der Waals surface area (Å²) in [6.45, 7) is 4.66. The van der Waals surface area contributed by atoms with Crippen molar-refractivity contribution in [3.63, 3.8) is 0 Å². The third-order valence-electron chi connectivity index (χ3n) is 4.10. The summed E-state index contributed by atoms with van der Waals surface area (Å²) in [5.74, 6) is -0.822. The maximum Gasteiger partial charge on any atom is 0.326 e. The van der Waals surface area contributed by atoms with Crippen molar-refractivity contribution in [3.8, 4) is 0 Å². The lowest BCUT2D eigenvalue weighted by atomic mass is 10.1. The van der Waals surface area contributed by atoms with Gasteiger partial charge < -0.3 is 10.0 Å². The number of thiophene rings is 1. The Kier molecular flexibility index (Phi) is 3.68. The Bertz CT molecular complexity index is 747. The van der Waals surface area contributed by atoms with E-state index in [0.29, 0.717) is 17.8 Å². The molecular formula is C15H19N3O3S. The molecule has 1 N–H and O–H groups in total. The zero-order valence-corrected chi connectivity index (χ0v) is 13.7. The largest absolute Gasteiger partial charge is 0.480 e. The van der Waals surface area contributed by atoms with Gasteiger partial charge in [-0.05, 0) is 24.8 Å². The Morgan fingerprint density at radius 3 is 2.82 bits per heavy atom. The third kappa shape index (κ3) is 2.29. The fourth-order valence-corrected chi connectivity index (χ4v) is 4.04. The number of aliphatic carboxylic acids is 1. The summed E-state index contributed by atoms with van der Waals surface area (Å²) in [7, 11) is 1.87. The van der Waals surface area contributed by atoms with Crippen molar-refractivity contribution in [3.05, 3.63) is 16.6 Å². The molecule has 1 atom stereocenters. The molecule has 1 amide bonds. The predicted molar refractivity (Wildman–Crippen MR) is 84.4 cm³/mol. The number of hydrogen-bond donors (Lipinski definition) is 1. The van der Waals surface area contributed by atoms with E-state index in [0.717, 1.165) is 22.3 Å². The molecule has 0 bridgehead atoms. The number of hydrogen-bond acceptors (Lipinski definition) is 4. The van der Waals surface area contributed by atoms with Crippen molar-refractivity contribution >= 4 is 33.4 Å². The third-order valence-corrected chi connectivity index (χ3v) is 5.29. The van der Waals surface area contributed by atoms with Crippen molar-refractivity contribution in [1.29, 1.82) is 0 Å². The normalized spacial score (nSPS) is 18.5. The maximum absolute atomic E-state index is 12.7. The lowest BCUT2D eigenvalue weighted by molar-refractivity contribution is -0.141. The van der Waals surface area contributed by atoms with Gasteiger partial charge >= 0.3 is 5.97 Å². The van der Waals surface area contributed by atoms with E-state index < -0.39 is 12.0 Å². The number of nitrogens with zero attached hydrogens (tertiary/aromatic N) is 3. The molecule has 3 rings (SSSR count). The van der Waals surface area contributed by atoms with Gasteiger partial charge in [-0.15, -0.1) is 11.3 Å². The number of carboxylic acids is 1. The molecule has 1 fully saturated rings. The Morgan fingerprint density at radius 2 is 2.18 bits per heavy atom. The van der Waals surface area contributed by atoms with Crippen molar-refractivity contribution in [2.45, 2.75) is 38.6 Å².